The van der Waals surface area contributed by atoms with Crippen LogP contribution in [0.4, 0.5) is 0 Å². The molecule has 3 nitrogen and oxygen atoms in total. The van der Waals surface area contributed by atoms with E-state index in [1.54, 1.807) is 0 Å². The second-order valence-corrected chi connectivity index (χ2v) is 4.42. The van der Waals surface area contributed by atoms with Gasteiger partial charge in [-0.15, -0.1) is 0 Å². The Morgan fingerprint density at radius 1 is 1.43 bits per heavy atom. The van der Waals surface area contributed by atoms with Gasteiger partial charge in [-0.1, -0.05) is 19.8 Å². The topological polar surface area (TPSA) is 46.3 Å². The van der Waals surface area contributed by atoms with Gasteiger partial charge in [0.1, 0.15) is 0 Å². The molecule has 1 saturated carbocycles. The fourth-order valence-electron chi connectivity index (χ4n) is 2.40. The van der Waals surface area contributed by atoms with Crippen molar-refractivity contribution < 1.29 is 4.79 Å². The molecule has 0 bridgehead atoms. The summed E-state index contributed by atoms with van der Waals surface area (Å²) in [7, 11) is 1.89. The first kappa shape index (κ1) is 11.5. The third kappa shape index (κ3) is 2.08. The van der Waals surface area contributed by atoms with Crippen LogP contribution in [0, 0.1) is 5.41 Å². The minimum absolute atomic E-state index is 0.218. The number of carbonyl (C=O) groups excluding carboxylic acids is 1. The Hall–Kier alpha value is -0.570. The van der Waals surface area contributed by atoms with Crippen molar-refractivity contribution in [1.82, 2.24) is 4.90 Å². The van der Waals surface area contributed by atoms with Crippen molar-refractivity contribution in [3.63, 3.8) is 0 Å². The molecule has 1 aliphatic carbocycles. The number of amides is 1. The number of nitrogens with two attached hydrogens (primary N) is 1. The summed E-state index contributed by atoms with van der Waals surface area (Å²) in [6.07, 6.45) is 5.29. The molecular formula is C11H22N2O. The van der Waals surface area contributed by atoms with Crippen molar-refractivity contribution in [2.24, 2.45) is 11.1 Å². The molecule has 1 rings (SSSR count). The van der Waals surface area contributed by atoms with Crippen molar-refractivity contribution in [3.05, 3.63) is 0 Å². The molecule has 0 aliphatic heterocycles. The summed E-state index contributed by atoms with van der Waals surface area (Å²) in [6, 6.07) is 0. The molecule has 0 aromatic rings. The summed E-state index contributed by atoms with van der Waals surface area (Å²) in [5.41, 5.74) is 5.54. The molecule has 0 spiro atoms. The molecule has 1 amide bonds. The molecule has 0 heterocycles. The van der Waals surface area contributed by atoms with E-state index in [1.807, 2.05) is 11.9 Å². The van der Waals surface area contributed by atoms with Crippen LogP contribution in [-0.2, 0) is 4.79 Å². The van der Waals surface area contributed by atoms with Crippen LogP contribution in [-0.4, -0.2) is 30.9 Å². The highest BCUT2D eigenvalue weighted by molar-refractivity contribution is 5.83. The van der Waals surface area contributed by atoms with Crippen LogP contribution in [0.15, 0.2) is 0 Å². The lowest BCUT2D eigenvalue weighted by Crippen LogP contribution is -2.45. The van der Waals surface area contributed by atoms with Crippen LogP contribution < -0.4 is 5.73 Å². The molecule has 14 heavy (non-hydrogen) atoms. The van der Waals surface area contributed by atoms with E-state index in [-0.39, 0.29) is 11.3 Å². The van der Waals surface area contributed by atoms with E-state index in [2.05, 4.69) is 6.92 Å². The van der Waals surface area contributed by atoms with E-state index in [4.69, 9.17) is 5.73 Å². The van der Waals surface area contributed by atoms with Crippen LogP contribution in [0.2, 0.25) is 0 Å². The van der Waals surface area contributed by atoms with Gasteiger partial charge in [0.05, 0.1) is 5.41 Å². The standard InChI is InChI=1S/C11H22N2O/c1-3-8-13(2)10(14)11(9-12)6-4-5-7-11/h3-9,12H2,1-2H3. The van der Waals surface area contributed by atoms with Gasteiger partial charge in [0, 0.05) is 20.1 Å². The molecule has 3 heteroatoms. The Labute approximate surface area is 86.6 Å². The highest BCUT2D eigenvalue weighted by atomic mass is 16.2. The average molecular weight is 198 g/mol. The Balaban J connectivity index is 2.64. The van der Waals surface area contributed by atoms with Gasteiger partial charge in [0.25, 0.3) is 0 Å². The van der Waals surface area contributed by atoms with E-state index in [9.17, 15) is 4.79 Å². The predicted octanol–water partition coefficient (Wildman–Crippen LogP) is 1.37. The van der Waals surface area contributed by atoms with Crippen LogP contribution in [0.3, 0.4) is 0 Å². The van der Waals surface area contributed by atoms with Gasteiger partial charge in [-0.25, -0.2) is 0 Å². The maximum atomic E-state index is 12.1. The third-order valence-corrected chi connectivity index (χ3v) is 3.31. The molecule has 1 aliphatic rings. The molecule has 0 aromatic heterocycles. The minimum Gasteiger partial charge on any atom is -0.345 e. The molecule has 2 N–H and O–H groups in total. The monoisotopic (exact) mass is 198 g/mol. The lowest BCUT2D eigenvalue weighted by Gasteiger charge is -2.31. The zero-order valence-corrected chi connectivity index (χ0v) is 9.38. The van der Waals surface area contributed by atoms with E-state index in [1.165, 1.54) is 0 Å². The van der Waals surface area contributed by atoms with Gasteiger partial charge in [0.15, 0.2) is 0 Å². The maximum absolute atomic E-state index is 12.1. The summed E-state index contributed by atoms with van der Waals surface area (Å²) in [5.74, 6) is 0.263. The van der Waals surface area contributed by atoms with E-state index < -0.39 is 0 Å². The Kier molecular flexibility index (Phi) is 3.93. The van der Waals surface area contributed by atoms with Crippen molar-refractivity contribution >= 4 is 5.91 Å². The SMILES string of the molecule is CCCN(C)C(=O)C1(CN)CCCC1. The number of rotatable bonds is 4. The first-order chi connectivity index (χ1) is 6.66. The van der Waals surface area contributed by atoms with E-state index >= 15 is 0 Å². The van der Waals surface area contributed by atoms with Gasteiger partial charge >= 0.3 is 0 Å². The zero-order chi connectivity index (χ0) is 10.6. The number of carbonyl (C=O) groups is 1. The molecule has 0 aromatic carbocycles. The van der Waals surface area contributed by atoms with E-state index in [0.717, 1.165) is 38.6 Å². The summed E-state index contributed by atoms with van der Waals surface area (Å²) in [5, 5.41) is 0. The third-order valence-electron chi connectivity index (χ3n) is 3.31. The van der Waals surface area contributed by atoms with Crippen molar-refractivity contribution in [2.45, 2.75) is 39.0 Å². The quantitative estimate of drug-likeness (QED) is 0.741. The lowest BCUT2D eigenvalue weighted by molar-refractivity contribution is -0.140. The van der Waals surface area contributed by atoms with Gasteiger partial charge in [0.2, 0.25) is 5.91 Å². The van der Waals surface area contributed by atoms with Gasteiger partial charge in [-0.3, -0.25) is 4.79 Å². The zero-order valence-electron chi connectivity index (χ0n) is 9.38. The lowest BCUT2D eigenvalue weighted by atomic mass is 9.85. The summed E-state index contributed by atoms with van der Waals surface area (Å²) in [6.45, 7) is 3.45. The molecule has 0 saturated heterocycles. The molecular weight excluding hydrogens is 176 g/mol. The highest BCUT2D eigenvalue weighted by Crippen LogP contribution is 2.38. The number of nitrogens with zero attached hydrogens (tertiary/aromatic N) is 1. The summed E-state index contributed by atoms with van der Waals surface area (Å²) < 4.78 is 0. The molecule has 82 valence electrons. The minimum atomic E-state index is -0.218. The second kappa shape index (κ2) is 4.78. The second-order valence-electron chi connectivity index (χ2n) is 4.42. The Morgan fingerprint density at radius 3 is 2.43 bits per heavy atom. The normalized spacial score (nSPS) is 19.6. The largest absolute Gasteiger partial charge is 0.345 e. The first-order valence-electron chi connectivity index (χ1n) is 5.62. The number of hydrogen-bond acceptors (Lipinski definition) is 2. The molecule has 1 fully saturated rings. The predicted molar refractivity (Wildman–Crippen MR) is 57.9 cm³/mol. The van der Waals surface area contributed by atoms with Crippen LogP contribution in [0.1, 0.15) is 39.0 Å². The van der Waals surface area contributed by atoms with Crippen LogP contribution in [0.25, 0.3) is 0 Å². The average Bonchev–Trinajstić information content (AvgIpc) is 2.66. The maximum Gasteiger partial charge on any atom is 0.229 e. The number of hydrogen-bond donors (Lipinski definition) is 1. The molecule has 0 unspecified atom stereocenters. The van der Waals surface area contributed by atoms with Gasteiger partial charge < -0.3 is 10.6 Å². The van der Waals surface area contributed by atoms with Gasteiger partial charge in [-0.05, 0) is 19.3 Å². The molecule has 0 atom stereocenters. The summed E-state index contributed by atoms with van der Waals surface area (Å²) >= 11 is 0. The van der Waals surface area contributed by atoms with Crippen molar-refractivity contribution in [3.8, 4) is 0 Å². The van der Waals surface area contributed by atoms with Gasteiger partial charge in [-0.2, -0.15) is 0 Å². The fraction of sp³-hybridized carbons (Fsp3) is 0.909. The fourth-order valence-corrected chi connectivity index (χ4v) is 2.40. The smallest absolute Gasteiger partial charge is 0.229 e. The van der Waals surface area contributed by atoms with E-state index in [0.29, 0.717) is 6.54 Å². The molecule has 0 radical (unpaired) electrons. The first-order valence-corrected chi connectivity index (χ1v) is 5.62. The highest BCUT2D eigenvalue weighted by Gasteiger charge is 2.41. The van der Waals surface area contributed by atoms with Crippen molar-refractivity contribution in [1.29, 1.82) is 0 Å². The van der Waals surface area contributed by atoms with Crippen molar-refractivity contribution in [2.75, 3.05) is 20.1 Å². The van der Waals surface area contributed by atoms with Crippen LogP contribution >= 0.6 is 0 Å². The Morgan fingerprint density at radius 2 is 2.00 bits per heavy atom. The Bertz CT molecular complexity index is 197. The summed E-state index contributed by atoms with van der Waals surface area (Å²) in [4.78, 5) is 14.0. The van der Waals surface area contributed by atoms with Crippen LogP contribution in [0.5, 0.6) is 0 Å².